The number of halogens is 2. The third-order valence-electron chi connectivity index (χ3n) is 2.42. The molecule has 0 aromatic carbocycles. The minimum absolute atomic E-state index is 0.123. The van der Waals surface area contributed by atoms with Crippen LogP contribution in [0.25, 0.3) is 11.2 Å². The number of alkyl halides is 2. The molecule has 2 heterocycles. The van der Waals surface area contributed by atoms with E-state index in [-0.39, 0.29) is 6.61 Å². The summed E-state index contributed by atoms with van der Waals surface area (Å²) in [5.41, 5.74) is 1.13. The summed E-state index contributed by atoms with van der Waals surface area (Å²) < 4.78 is 35.8. The molecule has 0 spiro atoms. The molecule has 0 unspecified atom stereocenters. The van der Waals surface area contributed by atoms with Gasteiger partial charge in [-0.05, 0) is 12.2 Å². The maximum absolute atomic E-state index is 11.9. The Hall–Kier alpha value is -1.61. The number of nitrogens with zero attached hydrogens (tertiary/aromatic N) is 3. The van der Waals surface area contributed by atoms with Crippen LogP contribution in [0.4, 0.5) is 8.78 Å². The fourth-order valence-corrected chi connectivity index (χ4v) is 1.92. The van der Waals surface area contributed by atoms with Crippen molar-refractivity contribution in [2.24, 2.45) is 0 Å². The lowest BCUT2D eigenvalue weighted by atomic mass is 10.5. The van der Waals surface area contributed by atoms with Gasteiger partial charge in [-0.2, -0.15) is 4.98 Å². The van der Waals surface area contributed by atoms with Crippen molar-refractivity contribution in [3.8, 4) is 5.88 Å². The first-order chi connectivity index (χ1) is 9.13. The van der Waals surface area contributed by atoms with Gasteiger partial charge in [-0.3, -0.25) is 4.57 Å². The van der Waals surface area contributed by atoms with E-state index in [2.05, 4.69) is 15.0 Å². The van der Waals surface area contributed by atoms with Gasteiger partial charge in [0.15, 0.2) is 10.4 Å². The number of fused-ring (bicyclic) bond motifs is 1. The van der Waals surface area contributed by atoms with Gasteiger partial charge in [-0.1, -0.05) is 0 Å². The Morgan fingerprint density at radius 1 is 1.47 bits per heavy atom. The molecule has 6 nitrogen and oxygen atoms in total. The largest absolute Gasteiger partial charge is 0.479 e. The van der Waals surface area contributed by atoms with Crippen LogP contribution in [-0.2, 0) is 11.3 Å². The quantitative estimate of drug-likeness (QED) is 0.649. The molecule has 2 aromatic rings. The number of aromatic nitrogens is 4. The van der Waals surface area contributed by atoms with Crippen LogP contribution in [0.2, 0.25) is 0 Å². The van der Waals surface area contributed by atoms with E-state index in [9.17, 15) is 8.78 Å². The molecule has 0 radical (unpaired) electrons. The molecule has 2 rings (SSSR count). The third kappa shape index (κ3) is 3.04. The Labute approximate surface area is 112 Å². The summed E-state index contributed by atoms with van der Waals surface area (Å²) in [7, 11) is 1.49. The number of rotatable bonds is 6. The zero-order chi connectivity index (χ0) is 13.8. The van der Waals surface area contributed by atoms with Gasteiger partial charge in [0.05, 0.1) is 20.3 Å². The molecule has 9 heteroatoms. The number of imidazole rings is 1. The molecule has 104 valence electrons. The fourth-order valence-electron chi connectivity index (χ4n) is 1.64. The number of nitrogens with one attached hydrogen (secondary N) is 1. The predicted molar refractivity (Wildman–Crippen MR) is 66.1 cm³/mol. The van der Waals surface area contributed by atoms with Gasteiger partial charge >= 0.3 is 0 Å². The van der Waals surface area contributed by atoms with Gasteiger partial charge in [0.1, 0.15) is 18.5 Å². The average molecular weight is 290 g/mol. The van der Waals surface area contributed by atoms with Crippen molar-refractivity contribution in [3.63, 3.8) is 0 Å². The van der Waals surface area contributed by atoms with E-state index >= 15 is 0 Å². The van der Waals surface area contributed by atoms with E-state index < -0.39 is 13.0 Å². The van der Waals surface area contributed by atoms with Gasteiger partial charge in [-0.15, -0.1) is 0 Å². The minimum atomic E-state index is -2.47. The standard InChI is InChI=1S/C10H12F2N4O2S/c1-17-9-7-8(13-5-14-9)16(10(19)15-7)2-3-18-4-6(11)12/h5-6H,2-4H2,1H3,(H,15,19). The monoisotopic (exact) mass is 290 g/mol. The summed E-state index contributed by atoms with van der Waals surface area (Å²) in [4.78, 5) is 11.0. The lowest BCUT2D eigenvalue weighted by molar-refractivity contribution is 0.0149. The number of methoxy groups -OCH3 is 1. The molecular formula is C10H12F2N4O2S. The van der Waals surface area contributed by atoms with Crippen molar-refractivity contribution < 1.29 is 18.3 Å². The topological polar surface area (TPSA) is 65.0 Å². The summed E-state index contributed by atoms with van der Waals surface area (Å²) in [6.07, 6.45) is -1.13. The zero-order valence-electron chi connectivity index (χ0n) is 10.1. The number of hydrogen-bond acceptors (Lipinski definition) is 5. The Bertz CT molecular complexity index is 613. The van der Waals surface area contributed by atoms with Crippen LogP contribution < -0.4 is 4.74 Å². The summed E-state index contributed by atoms with van der Waals surface area (Å²) in [5.74, 6) is 0.378. The summed E-state index contributed by atoms with van der Waals surface area (Å²) in [6, 6.07) is 0. The first kappa shape index (κ1) is 13.8. The molecule has 0 aliphatic heterocycles. The zero-order valence-corrected chi connectivity index (χ0v) is 10.9. The highest BCUT2D eigenvalue weighted by atomic mass is 32.1. The summed E-state index contributed by atoms with van der Waals surface area (Å²) in [6.45, 7) is -0.141. The lowest BCUT2D eigenvalue weighted by Crippen LogP contribution is -2.11. The van der Waals surface area contributed by atoms with Gasteiger partial charge in [-0.25, -0.2) is 13.8 Å². The van der Waals surface area contributed by atoms with Gasteiger partial charge in [0, 0.05) is 0 Å². The average Bonchev–Trinajstić information content (AvgIpc) is 2.70. The van der Waals surface area contributed by atoms with Crippen LogP contribution in [0.3, 0.4) is 0 Å². The van der Waals surface area contributed by atoms with Crippen LogP contribution in [-0.4, -0.2) is 46.3 Å². The van der Waals surface area contributed by atoms with E-state index in [0.29, 0.717) is 28.4 Å². The van der Waals surface area contributed by atoms with Crippen molar-refractivity contribution in [3.05, 3.63) is 11.1 Å². The molecule has 0 atom stereocenters. The van der Waals surface area contributed by atoms with E-state index in [1.807, 2.05) is 0 Å². The Kier molecular flexibility index (Phi) is 4.38. The number of aromatic amines is 1. The maximum atomic E-state index is 11.9. The van der Waals surface area contributed by atoms with Gasteiger partial charge in [0.2, 0.25) is 5.88 Å². The predicted octanol–water partition coefficient (Wildman–Crippen LogP) is 1.78. The maximum Gasteiger partial charge on any atom is 0.261 e. The second-order valence-corrected chi connectivity index (χ2v) is 4.02. The third-order valence-corrected chi connectivity index (χ3v) is 2.74. The highest BCUT2D eigenvalue weighted by molar-refractivity contribution is 7.71. The number of ether oxygens (including phenoxy) is 2. The van der Waals surface area contributed by atoms with Crippen molar-refractivity contribution in [2.45, 2.75) is 13.0 Å². The van der Waals surface area contributed by atoms with Crippen LogP contribution >= 0.6 is 12.2 Å². The second-order valence-electron chi connectivity index (χ2n) is 3.63. The van der Waals surface area contributed by atoms with Crippen LogP contribution in [0.1, 0.15) is 0 Å². The molecule has 0 saturated carbocycles. The molecular weight excluding hydrogens is 278 g/mol. The first-order valence-electron chi connectivity index (χ1n) is 5.47. The van der Waals surface area contributed by atoms with Crippen molar-refractivity contribution in [1.29, 1.82) is 0 Å². The molecule has 0 saturated heterocycles. The first-order valence-corrected chi connectivity index (χ1v) is 5.87. The highest BCUT2D eigenvalue weighted by Gasteiger charge is 2.11. The summed E-state index contributed by atoms with van der Waals surface area (Å²) >= 11 is 5.14. The van der Waals surface area contributed by atoms with E-state index in [1.165, 1.54) is 13.4 Å². The van der Waals surface area contributed by atoms with E-state index in [1.54, 1.807) is 4.57 Å². The molecule has 0 amide bonds. The molecule has 0 bridgehead atoms. The lowest BCUT2D eigenvalue weighted by Gasteiger charge is -2.05. The normalized spacial score (nSPS) is 11.4. The van der Waals surface area contributed by atoms with Crippen LogP contribution in [0, 0.1) is 4.77 Å². The molecule has 2 aromatic heterocycles. The molecule has 19 heavy (non-hydrogen) atoms. The summed E-state index contributed by atoms with van der Waals surface area (Å²) in [5, 5.41) is 0. The Balaban J connectivity index is 2.19. The molecule has 0 aliphatic rings. The van der Waals surface area contributed by atoms with Crippen molar-refractivity contribution in [1.82, 2.24) is 19.5 Å². The minimum Gasteiger partial charge on any atom is -0.479 e. The highest BCUT2D eigenvalue weighted by Crippen LogP contribution is 2.19. The Morgan fingerprint density at radius 2 is 2.26 bits per heavy atom. The molecule has 1 N–H and O–H groups in total. The van der Waals surface area contributed by atoms with Crippen molar-refractivity contribution >= 4 is 23.4 Å². The van der Waals surface area contributed by atoms with Crippen LogP contribution in [0.5, 0.6) is 5.88 Å². The molecule has 0 aliphatic carbocycles. The SMILES string of the molecule is COc1ncnc2c1[nH]c(=S)n2CCOCC(F)F. The molecule has 0 fully saturated rings. The van der Waals surface area contributed by atoms with Crippen LogP contribution in [0.15, 0.2) is 6.33 Å². The number of hydrogen-bond donors (Lipinski definition) is 1. The Morgan fingerprint density at radius 3 is 2.95 bits per heavy atom. The van der Waals surface area contributed by atoms with E-state index in [4.69, 9.17) is 21.7 Å². The van der Waals surface area contributed by atoms with Gasteiger partial charge < -0.3 is 14.5 Å². The fraction of sp³-hybridized carbons (Fsp3) is 0.500. The van der Waals surface area contributed by atoms with Gasteiger partial charge in [0.25, 0.3) is 6.43 Å². The van der Waals surface area contributed by atoms with E-state index in [0.717, 1.165) is 0 Å². The number of H-pyrrole nitrogens is 1. The van der Waals surface area contributed by atoms with Crippen molar-refractivity contribution in [2.75, 3.05) is 20.3 Å². The second kappa shape index (κ2) is 6.02. The smallest absolute Gasteiger partial charge is 0.261 e.